The normalized spacial score (nSPS) is 23.2. The number of rotatable bonds is 5. The summed E-state index contributed by atoms with van der Waals surface area (Å²) in [7, 11) is 0. The Bertz CT molecular complexity index is 518. The summed E-state index contributed by atoms with van der Waals surface area (Å²) in [6.07, 6.45) is 12.6. The van der Waals surface area contributed by atoms with Crippen LogP contribution in [-0.4, -0.2) is 27.5 Å². The Morgan fingerprint density at radius 1 is 1.65 bits per heavy atom. The molecule has 20 heavy (non-hydrogen) atoms. The molecule has 0 fully saturated rings. The van der Waals surface area contributed by atoms with Crippen molar-refractivity contribution in [3.63, 3.8) is 0 Å². The number of nitrogens with zero attached hydrogens (tertiary/aromatic N) is 2. The minimum absolute atomic E-state index is 0.112. The molecule has 0 bridgehead atoms. The first-order valence-corrected chi connectivity index (χ1v) is 6.92. The van der Waals surface area contributed by atoms with Gasteiger partial charge in [-0.05, 0) is 26.7 Å². The summed E-state index contributed by atoms with van der Waals surface area (Å²) in [5.74, 6) is -0.112. The third kappa shape index (κ3) is 3.36. The standard InChI is InChI=1S/C15H22N4O/c1-12-4-3-6-15(16,10-12)14(20)18-7-5-13(2)19-9-8-17-11-19/h3-4,8-11,13H,5-7,16H2,1-2H3,(H,18,20). The van der Waals surface area contributed by atoms with E-state index in [2.05, 4.69) is 17.2 Å². The molecule has 2 atom stereocenters. The van der Waals surface area contributed by atoms with Gasteiger partial charge in [0.1, 0.15) is 5.54 Å². The fraction of sp³-hybridized carbons (Fsp3) is 0.467. The molecule has 5 heteroatoms. The van der Waals surface area contributed by atoms with E-state index >= 15 is 0 Å². The molecule has 0 aromatic carbocycles. The molecule has 0 radical (unpaired) electrons. The van der Waals surface area contributed by atoms with Crippen molar-refractivity contribution < 1.29 is 4.79 Å². The highest BCUT2D eigenvalue weighted by atomic mass is 16.2. The second kappa shape index (κ2) is 6.05. The molecule has 0 saturated heterocycles. The number of carbonyl (C=O) groups is 1. The van der Waals surface area contributed by atoms with Crippen molar-refractivity contribution in [1.82, 2.24) is 14.9 Å². The van der Waals surface area contributed by atoms with Crippen LogP contribution in [0, 0.1) is 0 Å². The maximum Gasteiger partial charge on any atom is 0.244 e. The molecule has 2 unspecified atom stereocenters. The molecule has 1 heterocycles. The van der Waals surface area contributed by atoms with E-state index in [1.165, 1.54) is 0 Å². The number of carbonyl (C=O) groups excluding carboxylic acids is 1. The minimum atomic E-state index is -0.906. The van der Waals surface area contributed by atoms with Crippen LogP contribution < -0.4 is 11.1 Å². The van der Waals surface area contributed by atoms with Crippen LogP contribution in [0.3, 0.4) is 0 Å². The molecule has 1 aromatic heterocycles. The van der Waals surface area contributed by atoms with Gasteiger partial charge in [-0.25, -0.2) is 4.98 Å². The van der Waals surface area contributed by atoms with E-state index in [0.29, 0.717) is 19.0 Å². The third-order valence-corrected chi connectivity index (χ3v) is 3.63. The molecule has 1 aliphatic rings. The summed E-state index contributed by atoms with van der Waals surface area (Å²) >= 11 is 0. The molecule has 108 valence electrons. The molecule has 1 amide bonds. The first-order chi connectivity index (χ1) is 9.51. The SMILES string of the molecule is CC1=CC(N)(C(=O)NCCC(C)n2ccnc2)CC=C1. The van der Waals surface area contributed by atoms with Gasteiger partial charge in [-0.1, -0.05) is 23.8 Å². The molecule has 1 aliphatic carbocycles. The molecule has 3 N–H and O–H groups in total. The van der Waals surface area contributed by atoms with Crippen molar-refractivity contribution in [3.05, 3.63) is 42.5 Å². The van der Waals surface area contributed by atoms with Gasteiger partial charge in [-0.2, -0.15) is 0 Å². The predicted octanol–water partition coefficient (Wildman–Crippen LogP) is 1.55. The van der Waals surface area contributed by atoms with Gasteiger partial charge in [0.05, 0.1) is 6.33 Å². The number of nitrogens with two attached hydrogens (primary N) is 1. The maximum atomic E-state index is 12.2. The van der Waals surface area contributed by atoms with E-state index in [9.17, 15) is 4.79 Å². The fourth-order valence-electron chi connectivity index (χ4n) is 2.35. The van der Waals surface area contributed by atoms with Crippen LogP contribution in [-0.2, 0) is 4.79 Å². The topological polar surface area (TPSA) is 72.9 Å². The van der Waals surface area contributed by atoms with Crippen molar-refractivity contribution >= 4 is 5.91 Å². The summed E-state index contributed by atoms with van der Waals surface area (Å²) in [4.78, 5) is 16.2. The lowest BCUT2D eigenvalue weighted by Crippen LogP contribution is -2.53. The van der Waals surface area contributed by atoms with Crippen LogP contribution in [0.2, 0.25) is 0 Å². The van der Waals surface area contributed by atoms with E-state index in [4.69, 9.17) is 5.73 Å². The Labute approximate surface area is 119 Å². The Morgan fingerprint density at radius 3 is 3.10 bits per heavy atom. The largest absolute Gasteiger partial charge is 0.354 e. The van der Waals surface area contributed by atoms with E-state index in [0.717, 1.165) is 12.0 Å². The van der Waals surface area contributed by atoms with Gasteiger partial charge in [-0.15, -0.1) is 0 Å². The van der Waals surface area contributed by atoms with Gasteiger partial charge in [0.15, 0.2) is 0 Å². The average Bonchev–Trinajstić information content (AvgIpc) is 2.92. The van der Waals surface area contributed by atoms with E-state index < -0.39 is 5.54 Å². The second-order valence-electron chi connectivity index (χ2n) is 5.44. The Morgan fingerprint density at radius 2 is 2.45 bits per heavy atom. The van der Waals surface area contributed by atoms with Gasteiger partial charge >= 0.3 is 0 Å². The number of imidazole rings is 1. The Hall–Kier alpha value is -1.88. The summed E-state index contributed by atoms with van der Waals surface area (Å²) in [6, 6.07) is 0.301. The Kier molecular flexibility index (Phi) is 4.39. The smallest absolute Gasteiger partial charge is 0.244 e. The van der Waals surface area contributed by atoms with Crippen LogP contribution in [0.4, 0.5) is 0 Å². The summed E-state index contributed by atoms with van der Waals surface area (Å²) in [5, 5.41) is 2.93. The first kappa shape index (κ1) is 14.5. The van der Waals surface area contributed by atoms with Gasteiger partial charge in [-0.3, -0.25) is 4.79 Å². The van der Waals surface area contributed by atoms with Crippen molar-refractivity contribution in [2.24, 2.45) is 5.73 Å². The van der Waals surface area contributed by atoms with Crippen molar-refractivity contribution in [1.29, 1.82) is 0 Å². The predicted molar refractivity (Wildman–Crippen MR) is 79.0 cm³/mol. The van der Waals surface area contributed by atoms with Crippen molar-refractivity contribution in [3.8, 4) is 0 Å². The molecule has 0 aliphatic heterocycles. The van der Waals surface area contributed by atoms with E-state index in [1.54, 1.807) is 12.5 Å². The molecular weight excluding hydrogens is 252 g/mol. The highest BCUT2D eigenvalue weighted by Gasteiger charge is 2.31. The monoisotopic (exact) mass is 274 g/mol. The van der Waals surface area contributed by atoms with Gasteiger partial charge < -0.3 is 15.6 Å². The van der Waals surface area contributed by atoms with E-state index in [1.807, 2.05) is 35.9 Å². The summed E-state index contributed by atoms with van der Waals surface area (Å²) < 4.78 is 2.03. The highest BCUT2D eigenvalue weighted by molar-refractivity contribution is 5.89. The van der Waals surface area contributed by atoms with Crippen LogP contribution in [0.25, 0.3) is 0 Å². The lowest BCUT2D eigenvalue weighted by atomic mass is 9.88. The number of amides is 1. The molecule has 0 spiro atoms. The lowest BCUT2D eigenvalue weighted by Gasteiger charge is -2.27. The zero-order valence-corrected chi connectivity index (χ0v) is 12.0. The lowest BCUT2D eigenvalue weighted by molar-refractivity contribution is -0.124. The quantitative estimate of drug-likeness (QED) is 0.855. The number of aromatic nitrogens is 2. The first-order valence-electron chi connectivity index (χ1n) is 6.92. The van der Waals surface area contributed by atoms with Crippen molar-refractivity contribution in [2.45, 2.75) is 38.3 Å². The van der Waals surface area contributed by atoms with Gasteiger partial charge in [0.2, 0.25) is 5.91 Å². The molecule has 1 aromatic rings. The zero-order chi connectivity index (χ0) is 14.6. The maximum absolute atomic E-state index is 12.2. The number of nitrogens with one attached hydrogen (secondary N) is 1. The number of allylic oxidation sites excluding steroid dienone is 2. The highest BCUT2D eigenvalue weighted by Crippen LogP contribution is 2.19. The summed E-state index contributed by atoms with van der Waals surface area (Å²) in [5.41, 5.74) is 6.27. The third-order valence-electron chi connectivity index (χ3n) is 3.63. The van der Waals surface area contributed by atoms with Gasteiger partial charge in [0, 0.05) is 25.0 Å². The fourth-order valence-corrected chi connectivity index (χ4v) is 2.35. The minimum Gasteiger partial charge on any atom is -0.354 e. The zero-order valence-electron chi connectivity index (χ0n) is 12.0. The molecule has 5 nitrogen and oxygen atoms in total. The summed E-state index contributed by atoms with van der Waals surface area (Å²) in [6.45, 7) is 4.65. The van der Waals surface area contributed by atoms with Crippen LogP contribution in [0.5, 0.6) is 0 Å². The van der Waals surface area contributed by atoms with Crippen molar-refractivity contribution in [2.75, 3.05) is 6.54 Å². The van der Waals surface area contributed by atoms with Crippen LogP contribution in [0.1, 0.15) is 32.7 Å². The number of hydrogen-bond acceptors (Lipinski definition) is 3. The van der Waals surface area contributed by atoms with Gasteiger partial charge in [0.25, 0.3) is 0 Å². The van der Waals surface area contributed by atoms with Crippen LogP contribution in [0.15, 0.2) is 42.5 Å². The van der Waals surface area contributed by atoms with E-state index in [-0.39, 0.29) is 5.91 Å². The second-order valence-corrected chi connectivity index (χ2v) is 5.44. The van der Waals surface area contributed by atoms with Crippen LogP contribution >= 0.6 is 0 Å². The average molecular weight is 274 g/mol. The Balaban J connectivity index is 1.82. The molecule has 0 saturated carbocycles. The molecule has 2 rings (SSSR count). The number of hydrogen-bond donors (Lipinski definition) is 2. The molecular formula is C15H22N4O.